The normalized spacial score (nSPS) is 11.0. The third-order valence-electron chi connectivity index (χ3n) is 3.18. The van der Waals surface area contributed by atoms with Crippen molar-refractivity contribution in [2.75, 3.05) is 13.7 Å². The summed E-state index contributed by atoms with van der Waals surface area (Å²) in [5.74, 6) is -0.119. The van der Waals surface area contributed by atoms with Gasteiger partial charge in [-0.1, -0.05) is 17.2 Å². The first-order valence-electron chi connectivity index (χ1n) is 7.27. The molecule has 0 bridgehead atoms. The van der Waals surface area contributed by atoms with E-state index in [2.05, 4.69) is 19.9 Å². The Bertz CT molecular complexity index is 566. The van der Waals surface area contributed by atoms with Gasteiger partial charge in [0, 0.05) is 6.07 Å². The molecule has 22 heavy (non-hydrogen) atoms. The molecule has 0 saturated heterocycles. The molecule has 1 aromatic rings. The van der Waals surface area contributed by atoms with Gasteiger partial charge in [0.1, 0.15) is 23.7 Å². The van der Waals surface area contributed by atoms with E-state index < -0.39 is 5.97 Å². The monoisotopic (exact) mass is 304 g/mol. The van der Waals surface area contributed by atoms with E-state index >= 15 is 0 Å². The van der Waals surface area contributed by atoms with E-state index in [0.717, 1.165) is 12.8 Å². The van der Waals surface area contributed by atoms with Crippen molar-refractivity contribution in [2.45, 2.75) is 33.6 Å². The van der Waals surface area contributed by atoms with Crippen molar-refractivity contribution in [1.29, 1.82) is 0 Å². The van der Waals surface area contributed by atoms with Gasteiger partial charge in [-0.3, -0.25) is 0 Å². The second-order valence-electron chi connectivity index (χ2n) is 5.35. The van der Waals surface area contributed by atoms with Crippen LogP contribution in [0.2, 0.25) is 0 Å². The highest BCUT2D eigenvalue weighted by Gasteiger charge is 2.12. The summed E-state index contributed by atoms with van der Waals surface area (Å²) < 4.78 is 10.7. The van der Waals surface area contributed by atoms with Gasteiger partial charge in [0.15, 0.2) is 0 Å². The van der Waals surface area contributed by atoms with Gasteiger partial charge in [-0.25, -0.2) is 4.79 Å². The molecule has 0 fully saturated rings. The van der Waals surface area contributed by atoms with Crippen molar-refractivity contribution < 1.29 is 19.4 Å². The first-order chi connectivity index (χ1) is 10.4. The van der Waals surface area contributed by atoms with Crippen LogP contribution >= 0.6 is 0 Å². The summed E-state index contributed by atoms with van der Waals surface area (Å²) in [5, 5.41) is 9.16. The second kappa shape index (κ2) is 8.93. The zero-order valence-corrected chi connectivity index (χ0v) is 13.7. The first-order valence-corrected chi connectivity index (χ1v) is 7.27. The van der Waals surface area contributed by atoms with Crippen LogP contribution < -0.4 is 9.47 Å². The van der Waals surface area contributed by atoms with Crippen LogP contribution in [0.15, 0.2) is 41.5 Å². The summed E-state index contributed by atoms with van der Waals surface area (Å²) in [5.41, 5.74) is 2.67. The van der Waals surface area contributed by atoms with Gasteiger partial charge < -0.3 is 14.6 Å². The molecule has 4 heteroatoms. The smallest absolute Gasteiger partial charge is 0.339 e. The lowest BCUT2D eigenvalue weighted by molar-refractivity contribution is 0.0692. The maximum atomic E-state index is 11.2. The molecule has 0 aliphatic rings. The third-order valence-corrected chi connectivity index (χ3v) is 3.18. The summed E-state index contributed by atoms with van der Waals surface area (Å²) in [6.07, 6.45) is 6.15. The Morgan fingerprint density at radius 1 is 1.23 bits per heavy atom. The molecule has 0 heterocycles. The average molecular weight is 304 g/mol. The molecule has 4 nitrogen and oxygen atoms in total. The summed E-state index contributed by atoms with van der Waals surface area (Å²) in [6.45, 7) is 6.55. The highest BCUT2D eigenvalue weighted by atomic mass is 16.5. The summed E-state index contributed by atoms with van der Waals surface area (Å²) in [7, 11) is 1.53. The molecular formula is C18H24O4. The maximum Gasteiger partial charge on any atom is 0.339 e. The van der Waals surface area contributed by atoms with Gasteiger partial charge in [-0.05, 0) is 51.8 Å². The van der Waals surface area contributed by atoms with E-state index in [1.54, 1.807) is 12.1 Å². The lowest BCUT2D eigenvalue weighted by Crippen LogP contribution is -2.04. The molecule has 0 aromatic heterocycles. The largest absolute Gasteiger partial charge is 0.497 e. The topological polar surface area (TPSA) is 55.8 Å². The van der Waals surface area contributed by atoms with E-state index in [-0.39, 0.29) is 5.56 Å². The van der Waals surface area contributed by atoms with Gasteiger partial charge in [0.05, 0.1) is 7.11 Å². The van der Waals surface area contributed by atoms with Crippen molar-refractivity contribution in [3.63, 3.8) is 0 Å². The fourth-order valence-electron chi connectivity index (χ4n) is 1.89. The number of carboxylic acid groups (broad SMARTS) is 1. The number of hydrogen-bond acceptors (Lipinski definition) is 3. The van der Waals surface area contributed by atoms with Crippen LogP contribution in [0.3, 0.4) is 0 Å². The molecule has 0 amide bonds. The van der Waals surface area contributed by atoms with E-state index in [1.165, 1.54) is 24.3 Å². The predicted octanol–water partition coefficient (Wildman–Crippen LogP) is 4.46. The molecular weight excluding hydrogens is 280 g/mol. The van der Waals surface area contributed by atoms with Crippen LogP contribution in [0.25, 0.3) is 0 Å². The highest BCUT2D eigenvalue weighted by molar-refractivity contribution is 5.91. The van der Waals surface area contributed by atoms with Crippen LogP contribution in [-0.2, 0) is 0 Å². The third kappa shape index (κ3) is 6.04. The maximum absolute atomic E-state index is 11.2. The van der Waals surface area contributed by atoms with Crippen LogP contribution in [0.4, 0.5) is 0 Å². The summed E-state index contributed by atoms with van der Waals surface area (Å²) >= 11 is 0. The van der Waals surface area contributed by atoms with Crippen LogP contribution in [0, 0.1) is 0 Å². The second-order valence-corrected chi connectivity index (χ2v) is 5.35. The number of ether oxygens (including phenoxy) is 2. The van der Waals surface area contributed by atoms with Crippen molar-refractivity contribution in [2.24, 2.45) is 0 Å². The number of hydrogen-bond donors (Lipinski definition) is 1. The quantitative estimate of drug-likeness (QED) is 0.720. The molecule has 1 aromatic carbocycles. The minimum absolute atomic E-state index is 0.136. The lowest BCUT2D eigenvalue weighted by Gasteiger charge is -2.09. The number of methoxy groups -OCH3 is 1. The molecule has 1 rings (SSSR count). The molecule has 0 atom stereocenters. The Balaban J connectivity index is 2.66. The Morgan fingerprint density at radius 3 is 2.55 bits per heavy atom. The lowest BCUT2D eigenvalue weighted by atomic mass is 10.1. The molecule has 0 unspecified atom stereocenters. The molecule has 0 spiro atoms. The Labute approximate surface area is 132 Å². The summed E-state index contributed by atoms with van der Waals surface area (Å²) in [6, 6.07) is 4.69. The molecule has 0 saturated carbocycles. The van der Waals surface area contributed by atoms with Crippen molar-refractivity contribution in [1.82, 2.24) is 0 Å². The van der Waals surface area contributed by atoms with Crippen molar-refractivity contribution >= 4 is 5.97 Å². The van der Waals surface area contributed by atoms with E-state index in [9.17, 15) is 4.79 Å². The Kier molecular flexibility index (Phi) is 7.23. The molecule has 0 radical (unpaired) electrons. The van der Waals surface area contributed by atoms with Gasteiger partial charge in [0.25, 0.3) is 0 Å². The number of aromatic carboxylic acids is 1. The van der Waals surface area contributed by atoms with Crippen molar-refractivity contribution in [3.05, 3.63) is 47.1 Å². The highest BCUT2D eigenvalue weighted by Crippen LogP contribution is 2.25. The van der Waals surface area contributed by atoms with Gasteiger partial charge >= 0.3 is 5.97 Å². The van der Waals surface area contributed by atoms with Gasteiger partial charge in [-0.15, -0.1) is 0 Å². The van der Waals surface area contributed by atoms with E-state index in [0.29, 0.717) is 18.1 Å². The van der Waals surface area contributed by atoms with E-state index in [4.69, 9.17) is 14.6 Å². The fourth-order valence-corrected chi connectivity index (χ4v) is 1.89. The Hall–Kier alpha value is -2.23. The Morgan fingerprint density at radius 2 is 1.95 bits per heavy atom. The standard InChI is InChI=1S/C18H24O4/c1-13(2)6-5-7-14(3)10-11-22-17-12-15(21-4)8-9-16(17)18(19)20/h6,8-10,12H,5,7,11H2,1-4H3,(H,19,20)/b14-10+. The number of rotatable bonds is 8. The fraction of sp³-hybridized carbons (Fsp3) is 0.389. The van der Waals surface area contributed by atoms with Crippen molar-refractivity contribution in [3.8, 4) is 11.5 Å². The average Bonchev–Trinajstić information content (AvgIpc) is 2.46. The SMILES string of the molecule is COc1ccc(C(=O)O)c(OC/C=C(\C)CCC=C(C)C)c1. The predicted molar refractivity (Wildman–Crippen MR) is 87.9 cm³/mol. The van der Waals surface area contributed by atoms with E-state index in [1.807, 2.05) is 13.0 Å². The van der Waals surface area contributed by atoms with Gasteiger partial charge in [0.2, 0.25) is 0 Å². The van der Waals surface area contributed by atoms with Crippen LogP contribution in [0.1, 0.15) is 44.0 Å². The molecule has 1 N–H and O–H groups in total. The zero-order valence-electron chi connectivity index (χ0n) is 13.7. The van der Waals surface area contributed by atoms with Gasteiger partial charge in [-0.2, -0.15) is 0 Å². The zero-order chi connectivity index (χ0) is 16.5. The molecule has 0 aliphatic carbocycles. The minimum atomic E-state index is -1.01. The number of carboxylic acids is 1. The minimum Gasteiger partial charge on any atom is -0.497 e. The van der Waals surface area contributed by atoms with Crippen LogP contribution in [-0.4, -0.2) is 24.8 Å². The number of carbonyl (C=O) groups is 1. The molecule has 120 valence electrons. The number of allylic oxidation sites excluding steroid dienone is 3. The number of benzene rings is 1. The molecule has 0 aliphatic heterocycles. The summed E-state index contributed by atoms with van der Waals surface area (Å²) in [4.78, 5) is 11.2. The first kappa shape index (κ1) is 17.8. The van der Waals surface area contributed by atoms with Crippen LogP contribution in [0.5, 0.6) is 11.5 Å².